The summed E-state index contributed by atoms with van der Waals surface area (Å²) in [6, 6.07) is -0.0907. The van der Waals surface area contributed by atoms with Crippen molar-refractivity contribution >= 4 is 20.9 Å². The number of rotatable bonds is 27. The summed E-state index contributed by atoms with van der Waals surface area (Å²) < 4.78 is 72.5. The molecule has 0 aliphatic carbocycles. The van der Waals surface area contributed by atoms with Gasteiger partial charge < -0.3 is 52.0 Å². The molecule has 0 aromatic rings. The lowest BCUT2D eigenvalue weighted by Crippen LogP contribution is -2.37. The molecule has 1 aliphatic rings. The molecule has 1 amide bonds. The molecule has 0 aromatic carbocycles. The summed E-state index contributed by atoms with van der Waals surface area (Å²) in [5.41, 5.74) is -0.413. The summed E-state index contributed by atoms with van der Waals surface area (Å²) in [5, 5.41) is 0. The molecule has 0 spiro atoms. The van der Waals surface area contributed by atoms with Crippen molar-refractivity contribution in [1.82, 2.24) is 4.90 Å². The number of hydrogen-bond donors (Lipinski definition) is 1. The van der Waals surface area contributed by atoms with E-state index in [1.165, 1.54) is 6.92 Å². The molecule has 0 bridgehead atoms. The van der Waals surface area contributed by atoms with Crippen LogP contribution in [0.3, 0.4) is 0 Å². The maximum absolute atomic E-state index is 12.0. The van der Waals surface area contributed by atoms with Crippen molar-refractivity contribution in [3.05, 3.63) is 0 Å². The molecule has 0 saturated carbocycles. The first-order valence-corrected chi connectivity index (χ1v) is 20.9. The van der Waals surface area contributed by atoms with E-state index in [2.05, 4.69) is 0 Å². The number of nitrogens with zero attached hydrogens (tertiary/aromatic N) is 1. The fraction of sp³-hybridized carbons (Fsp3) is 0.971. The molecule has 1 heterocycles. The molecule has 1 N–H and O–H groups in total. The summed E-state index contributed by atoms with van der Waals surface area (Å²) in [7, 11) is -6.12. The summed E-state index contributed by atoms with van der Waals surface area (Å²) in [6.07, 6.45) is 0.449. The van der Waals surface area contributed by atoms with E-state index in [0.717, 1.165) is 0 Å². The molecule has 304 valence electrons. The van der Waals surface area contributed by atoms with Crippen molar-refractivity contribution in [3.63, 3.8) is 0 Å². The van der Waals surface area contributed by atoms with Gasteiger partial charge in [0, 0.05) is 25.8 Å². The fourth-order valence-electron chi connectivity index (χ4n) is 3.88. The van der Waals surface area contributed by atoms with Gasteiger partial charge in [0.1, 0.15) is 0 Å². The number of carbonyl (C=O) groups is 1. The van der Waals surface area contributed by atoms with Crippen molar-refractivity contribution in [2.24, 2.45) is 0 Å². The third-order valence-electron chi connectivity index (χ3n) is 7.04. The second-order valence-electron chi connectivity index (χ2n) is 12.6. The zero-order valence-electron chi connectivity index (χ0n) is 31.3. The normalized spacial score (nSPS) is 18.4. The van der Waals surface area contributed by atoms with Gasteiger partial charge in [-0.3, -0.25) is 13.9 Å². The predicted molar refractivity (Wildman–Crippen MR) is 200 cm³/mol. The number of likely N-dealkylation sites (tertiary alicyclic amines) is 1. The SMILES string of the molecule is C.C.CC(=O)N1C[C@H](OP(=O)(O)C(C)C)C[C@H]1COC(C)C.CC(C)OCCOCCOCCOCCOCCOCCOP(C)(=O)C(C)C. The van der Waals surface area contributed by atoms with E-state index < -0.39 is 26.7 Å². The lowest BCUT2D eigenvalue weighted by Gasteiger charge is -2.23. The van der Waals surface area contributed by atoms with Crippen LogP contribution in [-0.4, -0.2) is 150 Å². The molecule has 1 saturated heterocycles. The minimum absolute atomic E-state index is 0. The fourth-order valence-corrected chi connectivity index (χ4v) is 5.44. The van der Waals surface area contributed by atoms with Gasteiger partial charge in [0.25, 0.3) is 0 Å². The molecule has 50 heavy (non-hydrogen) atoms. The van der Waals surface area contributed by atoms with Gasteiger partial charge in [-0.15, -0.1) is 0 Å². The van der Waals surface area contributed by atoms with Gasteiger partial charge in [-0.05, 0) is 34.1 Å². The van der Waals surface area contributed by atoms with E-state index in [1.807, 2.05) is 41.5 Å². The second-order valence-corrected chi connectivity index (χ2v) is 18.1. The summed E-state index contributed by atoms with van der Waals surface area (Å²) in [4.78, 5) is 23.1. The van der Waals surface area contributed by atoms with Gasteiger partial charge in [0.2, 0.25) is 13.3 Å². The Hall–Kier alpha value is -0.470. The zero-order valence-corrected chi connectivity index (χ0v) is 33.0. The third kappa shape index (κ3) is 28.1. The molecule has 0 aromatic heterocycles. The Morgan fingerprint density at radius 1 is 0.680 bits per heavy atom. The highest BCUT2D eigenvalue weighted by atomic mass is 31.2. The van der Waals surface area contributed by atoms with Gasteiger partial charge in [-0.2, -0.15) is 0 Å². The Bertz CT molecular complexity index is 908. The minimum Gasteiger partial charge on any atom is -0.377 e. The van der Waals surface area contributed by atoms with Crippen molar-refractivity contribution < 1.29 is 61.0 Å². The predicted octanol–water partition coefficient (Wildman–Crippen LogP) is 6.11. The highest BCUT2D eigenvalue weighted by Crippen LogP contribution is 2.49. The van der Waals surface area contributed by atoms with E-state index in [1.54, 1.807) is 25.4 Å². The molecule has 0 radical (unpaired) electrons. The van der Waals surface area contributed by atoms with Crippen LogP contribution in [0.4, 0.5) is 0 Å². The molecule has 16 heteroatoms. The Balaban J connectivity index is -0.000000890. The van der Waals surface area contributed by atoms with Crippen LogP contribution in [0.1, 0.15) is 83.6 Å². The average molecular weight is 768 g/mol. The van der Waals surface area contributed by atoms with Gasteiger partial charge in [-0.25, -0.2) is 0 Å². The first kappa shape index (κ1) is 53.9. The molecule has 14 nitrogen and oxygen atoms in total. The highest BCUT2D eigenvalue weighted by molar-refractivity contribution is 7.58. The maximum atomic E-state index is 12.0. The molecule has 2 unspecified atom stereocenters. The van der Waals surface area contributed by atoms with E-state index >= 15 is 0 Å². The van der Waals surface area contributed by atoms with E-state index in [-0.39, 0.29) is 44.7 Å². The van der Waals surface area contributed by atoms with Gasteiger partial charge in [-0.1, -0.05) is 42.5 Å². The Morgan fingerprint density at radius 2 is 1.08 bits per heavy atom. The molecular weight excluding hydrogens is 692 g/mol. The van der Waals surface area contributed by atoms with Crippen LogP contribution in [0, 0.1) is 0 Å². The van der Waals surface area contributed by atoms with Gasteiger partial charge >= 0.3 is 7.60 Å². The molecule has 4 atom stereocenters. The standard InChI is InChI=1S/C19H41O8P.C13H26NO5P.2CH4/c1-18(2)26-16-14-24-12-10-22-8-6-21-7-9-23-11-13-25-15-17-27-28(5,20)19(3)4;1-9(2)18-8-12-6-13(7-14(12)11(5)15)19-20(16,17)10(3)4;;/h18-19H,6-17H2,1-5H3;9-10,12-13H,6-8H2,1-5H3,(H,16,17);2*1H4/t;12-,13+;;/m.0../s1. The van der Waals surface area contributed by atoms with Gasteiger partial charge in [0.15, 0.2) is 0 Å². The van der Waals surface area contributed by atoms with Crippen LogP contribution >= 0.6 is 15.0 Å². The largest absolute Gasteiger partial charge is 0.377 e. The summed E-state index contributed by atoms with van der Waals surface area (Å²) in [6.45, 7) is 25.0. The minimum atomic E-state index is -3.61. The maximum Gasteiger partial charge on any atom is 0.330 e. The van der Waals surface area contributed by atoms with Crippen LogP contribution < -0.4 is 0 Å². The molecule has 1 rings (SSSR count). The summed E-state index contributed by atoms with van der Waals surface area (Å²) >= 11 is 0. The monoisotopic (exact) mass is 767 g/mol. The lowest BCUT2D eigenvalue weighted by molar-refractivity contribution is -0.131. The Kier molecular flexibility index (Phi) is 33.3. The number of ether oxygens (including phenoxy) is 7. The third-order valence-corrected chi connectivity index (χ3v) is 11.5. The van der Waals surface area contributed by atoms with Crippen molar-refractivity contribution in [3.8, 4) is 0 Å². The second kappa shape index (κ2) is 30.9. The summed E-state index contributed by atoms with van der Waals surface area (Å²) in [5.74, 6) is -0.0641. The van der Waals surface area contributed by atoms with Crippen LogP contribution in [0.5, 0.6) is 0 Å². The quantitative estimate of drug-likeness (QED) is 0.0755. The van der Waals surface area contributed by atoms with Crippen molar-refractivity contribution in [2.45, 2.75) is 119 Å². The van der Waals surface area contributed by atoms with Crippen molar-refractivity contribution in [2.75, 3.05) is 99.1 Å². The topological polar surface area (TPSA) is 158 Å². The van der Waals surface area contributed by atoms with Crippen LogP contribution in [0.15, 0.2) is 0 Å². The lowest BCUT2D eigenvalue weighted by atomic mass is 10.2. The van der Waals surface area contributed by atoms with Gasteiger partial charge in [0.05, 0.1) is 116 Å². The Morgan fingerprint density at radius 3 is 1.44 bits per heavy atom. The molecule has 1 aliphatic heterocycles. The number of carbonyl (C=O) groups excluding carboxylic acids is 1. The smallest absolute Gasteiger partial charge is 0.330 e. The van der Waals surface area contributed by atoms with Crippen LogP contribution in [0.2, 0.25) is 0 Å². The number of amides is 1. The van der Waals surface area contributed by atoms with E-state index in [0.29, 0.717) is 98.9 Å². The molecular formula is C34H75NO13P2. The molecule has 1 fully saturated rings. The average Bonchev–Trinajstić information content (AvgIpc) is 3.39. The number of hydrogen-bond acceptors (Lipinski definition) is 12. The first-order chi connectivity index (χ1) is 22.5. The van der Waals surface area contributed by atoms with E-state index in [4.69, 9.17) is 42.2 Å². The zero-order chi connectivity index (χ0) is 36.6. The first-order valence-electron chi connectivity index (χ1n) is 17.1. The van der Waals surface area contributed by atoms with Crippen LogP contribution in [0.25, 0.3) is 0 Å². The van der Waals surface area contributed by atoms with Crippen molar-refractivity contribution in [1.29, 1.82) is 0 Å². The van der Waals surface area contributed by atoms with Crippen LogP contribution in [-0.2, 0) is 56.1 Å². The Labute approximate surface area is 304 Å². The highest BCUT2D eigenvalue weighted by Gasteiger charge is 2.39. The van der Waals surface area contributed by atoms with E-state index in [9.17, 15) is 18.8 Å².